The van der Waals surface area contributed by atoms with Gasteiger partial charge >= 0.3 is 0 Å². The smallest absolute Gasteiger partial charge is 0.0236 e. The fourth-order valence-electron chi connectivity index (χ4n) is 4.93. The SMILES string of the molecule is NC1CCC(N)C(NC2CCC(NC3CCCCC3N)C(N)C2)C1. The van der Waals surface area contributed by atoms with Gasteiger partial charge in [-0.25, -0.2) is 0 Å². The number of hydrogen-bond donors (Lipinski definition) is 6. The summed E-state index contributed by atoms with van der Waals surface area (Å²) < 4.78 is 0. The van der Waals surface area contributed by atoms with E-state index in [0.717, 1.165) is 44.9 Å². The second kappa shape index (κ2) is 8.43. The normalized spacial score (nSPS) is 47.5. The highest BCUT2D eigenvalue weighted by Crippen LogP contribution is 2.24. The number of nitrogens with one attached hydrogen (secondary N) is 2. The van der Waals surface area contributed by atoms with E-state index in [1.54, 1.807) is 0 Å². The van der Waals surface area contributed by atoms with Crippen LogP contribution in [0.15, 0.2) is 0 Å². The Hall–Kier alpha value is -0.240. The van der Waals surface area contributed by atoms with Gasteiger partial charge in [-0.3, -0.25) is 0 Å². The first kappa shape index (κ1) is 18.5. The minimum Gasteiger partial charge on any atom is -0.328 e. The number of nitrogens with two attached hydrogens (primary N) is 4. The van der Waals surface area contributed by atoms with Crippen LogP contribution in [-0.4, -0.2) is 48.3 Å². The molecule has 3 aliphatic rings. The van der Waals surface area contributed by atoms with Crippen LogP contribution in [0, 0.1) is 0 Å². The lowest BCUT2D eigenvalue weighted by Gasteiger charge is -2.42. The molecule has 8 atom stereocenters. The molecule has 0 amide bonds. The lowest BCUT2D eigenvalue weighted by Crippen LogP contribution is -2.61. The zero-order valence-corrected chi connectivity index (χ0v) is 15.0. The van der Waals surface area contributed by atoms with Crippen LogP contribution in [0.3, 0.4) is 0 Å². The molecule has 0 bridgehead atoms. The summed E-state index contributed by atoms with van der Waals surface area (Å²) in [4.78, 5) is 0. The molecule has 3 saturated carbocycles. The van der Waals surface area contributed by atoms with Gasteiger partial charge in [0, 0.05) is 48.3 Å². The van der Waals surface area contributed by atoms with E-state index in [9.17, 15) is 0 Å². The summed E-state index contributed by atoms with van der Waals surface area (Å²) in [5.74, 6) is 0. The zero-order valence-electron chi connectivity index (χ0n) is 15.0. The molecular formula is C18H38N6. The van der Waals surface area contributed by atoms with Crippen molar-refractivity contribution in [3.8, 4) is 0 Å². The van der Waals surface area contributed by atoms with E-state index in [2.05, 4.69) is 10.6 Å². The van der Waals surface area contributed by atoms with Crippen molar-refractivity contribution in [1.82, 2.24) is 10.6 Å². The van der Waals surface area contributed by atoms with Gasteiger partial charge in [0.05, 0.1) is 0 Å². The van der Waals surface area contributed by atoms with Crippen LogP contribution in [0.5, 0.6) is 0 Å². The molecule has 0 aromatic carbocycles. The molecule has 10 N–H and O–H groups in total. The Morgan fingerprint density at radius 1 is 0.542 bits per heavy atom. The lowest BCUT2D eigenvalue weighted by atomic mass is 9.82. The van der Waals surface area contributed by atoms with Gasteiger partial charge < -0.3 is 33.6 Å². The van der Waals surface area contributed by atoms with Crippen LogP contribution >= 0.6 is 0 Å². The molecule has 6 nitrogen and oxygen atoms in total. The third kappa shape index (κ3) is 4.68. The molecule has 0 radical (unpaired) electrons. The Labute approximate surface area is 146 Å². The van der Waals surface area contributed by atoms with Gasteiger partial charge in [-0.2, -0.15) is 0 Å². The predicted molar refractivity (Wildman–Crippen MR) is 99.5 cm³/mol. The van der Waals surface area contributed by atoms with E-state index >= 15 is 0 Å². The van der Waals surface area contributed by atoms with Crippen LogP contribution in [0.25, 0.3) is 0 Å². The van der Waals surface area contributed by atoms with Crippen molar-refractivity contribution in [3.05, 3.63) is 0 Å². The largest absolute Gasteiger partial charge is 0.328 e. The molecule has 24 heavy (non-hydrogen) atoms. The van der Waals surface area contributed by atoms with Gasteiger partial charge in [0.2, 0.25) is 0 Å². The third-order valence-electron chi connectivity index (χ3n) is 6.54. The maximum absolute atomic E-state index is 6.50. The van der Waals surface area contributed by atoms with Crippen molar-refractivity contribution < 1.29 is 0 Å². The maximum Gasteiger partial charge on any atom is 0.0236 e. The van der Waals surface area contributed by atoms with Gasteiger partial charge in [-0.05, 0) is 51.4 Å². The first-order valence-corrected chi connectivity index (χ1v) is 10.1. The van der Waals surface area contributed by atoms with Crippen LogP contribution < -0.4 is 33.6 Å². The molecule has 6 heteroatoms. The van der Waals surface area contributed by atoms with Gasteiger partial charge in [-0.1, -0.05) is 12.8 Å². The fourth-order valence-corrected chi connectivity index (χ4v) is 4.93. The second-order valence-electron chi connectivity index (χ2n) is 8.51. The first-order valence-electron chi connectivity index (χ1n) is 10.1. The van der Waals surface area contributed by atoms with Gasteiger partial charge in [0.15, 0.2) is 0 Å². The van der Waals surface area contributed by atoms with Crippen LogP contribution in [-0.2, 0) is 0 Å². The van der Waals surface area contributed by atoms with Crippen molar-refractivity contribution in [2.75, 3.05) is 0 Å². The summed E-state index contributed by atoms with van der Waals surface area (Å²) in [6, 6.07) is 2.69. The zero-order chi connectivity index (χ0) is 17.1. The molecular weight excluding hydrogens is 300 g/mol. The summed E-state index contributed by atoms with van der Waals surface area (Å²) in [5, 5.41) is 7.54. The van der Waals surface area contributed by atoms with Gasteiger partial charge in [0.1, 0.15) is 0 Å². The average molecular weight is 339 g/mol. The molecule has 0 saturated heterocycles. The van der Waals surface area contributed by atoms with Crippen molar-refractivity contribution in [3.63, 3.8) is 0 Å². The summed E-state index contributed by atoms with van der Waals surface area (Å²) >= 11 is 0. The van der Waals surface area contributed by atoms with E-state index in [1.807, 2.05) is 0 Å². The van der Waals surface area contributed by atoms with Crippen LogP contribution in [0.2, 0.25) is 0 Å². The monoisotopic (exact) mass is 338 g/mol. The molecule has 0 aliphatic heterocycles. The topological polar surface area (TPSA) is 128 Å². The van der Waals surface area contributed by atoms with Crippen molar-refractivity contribution >= 4 is 0 Å². The highest BCUT2D eigenvalue weighted by Gasteiger charge is 2.34. The molecule has 0 aromatic heterocycles. The van der Waals surface area contributed by atoms with Crippen LogP contribution in [0.1, 0.15) is 64.2 Å². The fraction of sp³-hybridized carbons (Fsp3) is 1.00. The molecule has 3 rings (SSSR count). The average Bonchev–Trinajstić information content (AvgIpc) is 2.55. The van der Waals surface area contributed by atoms with Crippen LogP contribution in [0.4, 0.5) is 0 Å². The second-order valence-corrected chi connectivity index (χ2v) is 8.51. The highest BCUT2D eigenvalue weighted by molar-refractivity contribution is 4.97. The number of rotatable bonds is 4. The summed E-state index contributed by atoms with van der Waals surface area (Å²) in [5.41, 5.74) is 25.2. The quantitative estimate of drug-likeness (QED) is 0.424. The van der Waals surface area contributed by atoms with E-state index < -0.39 is 0 Å². The molecule has 0 aromatic rings. The molecule has 8 unspecified atom stereocenters. The minimum atomic E-state index is 0.193. The summed E-state index contributed by atoms with van der Waals surface area (Å²) in [6.45, 7) is 0. The minimum absolute atomic E-state index is 0.193. The third-order valence-corrected chi connectivity index (χ3v) is 6.54. The summed E-state index contributed by atoms with van der Waals surface area (Å²) in [7, 11) is 0. The summed E-state index contributed by atoms with van der Waals surface area (Å²) in [6.07, 6.45) is 11.3. The molecule has 0 spiro atoms. The Morgan fingerprint density at radius 3 is 2.00 bits per heavy atom. The van der Waals surface area contributed by atoms with Crippen molar-refractivity contribution in [2.24, 2.45) is 22.9 Å². The first-order chi connectivity index (χ1) is 11.5. The van der Waals surface area contributed by atoms with E-state index in [4.69, 9.17) is 22.9 Å². The van der Waals surface area contributed by atoms with E-state index in [0.29, 0.717) is 36.3 Å². The maximum atomic E-state index is 6.50. The van der Waals surface area contributed by atoms with E-state index in [1.165, 1.54) is 19.3 Å². The van der Waals surface area contributed by atoms with Gasteiger partial charge in [0.25, 0.3) is 0 Å². The van der Waals surface area contributed by atoms with Crippen molar-refractivity contribution in [1.29, 1.82) is 0 Å². The highest BCUT2D eigenvalue weighted by atomic mass is 15.1. The molecule has 3 aliphatic carbocycles. The standard InChI is InChI=1S/C18H38N6/c19-11-5-7-14(21)18(9-11)23-12-6-8-17(15(22)10-12)24-16-4-2-1-3-13(16)20/h11-18,23-24H,1-10,19-22H2. The van der Waals surface area contributed by atoms with Gasteiger partial charge in [-0.15, -0.1) is 0 Å². The molecule has 0 heterocycles. The molecule has 3 fully saturated rings. The Bertz CT molecular complexity index is 392. The van der Waals surface area contributed by atoms with Crippen molar-refractivity contribution in [2.45, 2.75) is 113 Å². The van der Waals surface area contributed by atoms with E-state index in [-0.39, 0.29) is 12.1 Å². The number of hydrogen-bond acceptors (Lipinski definition) is 6. The molecule has 140 valence electrons. The lowest BCUT2D eigenvalue weighted by molar-refractivity contribution is 0.200. The Morgan fingerprint density at radius 2 is 1.25 bits per heavy atom. The Balaban J connectivity index is 1.46. The Kier molecular flexibility index (Phi) is 6.51. The predicted octanol–water partition coefficient (Wildman–Crippen LogP) is -0.109.